The van der Waals surface area contributed by atoms with E-state index in [9.17, 15) is 4.39 Å². The van der Waals surface area contributed by atoms with Crippen LogP contribution in [0.5, 0.6) is 0 Å². The zero-order chi connectivity index (χ0) is 12.4. The molecule has 2 heteroatoms. The molecule has 0 saturated heterocycles. The van der Waals surface area contributed by atoms with Crippen LogP contribution in [0, 0.1) is 5.82 Å². The highest BCUT2D eigenvalue weighted by Gasteiger charge is 2.29. The van der Waals surface area contributed by atoms with E-state index in [0.717, 1.165) is 18.5 Å². The molecule has 0 bridgehead atoms. The van der Waals surface area contributed by atoms with Gasteiger partial charge in [-0.1, -0.05) is 36.4 Å². The van der Waals surface area contributed by atoms with Crippen molar-refractivity contribution in [3.63, 3.8) is 0 Å². The van der Waals surface area contributed by atoms with Crippen molar-refractivity contribution < 1.29 is 4.39 Å². The summed E-state index contributed by atoms with van der Waals surface area (Å²) in [7, 11) is 0. The van der Waals surface area contributed by atoms with Crippen molar-refractivity contribution in [2.24, 2.45) is 0 Å². The number of rotatable bonds is 3. The van der Waals surface area contributed by atoms with E-state index in [1.165, 1.54) is 11.6 Å². The van der Waals surface area contributed by atoms with Crippen LogP contribution in [0.25, 0.3) is 0 Å². The lowest BCUT2D eigenvalue weighted by atomic mass is 9.76. The lowest BCUT2D eigenvalue weighted by molar-refractivity contribution is 0.374. The fourth-order valence-electron chi connectivity index (χ4n) is 2.55. The van der Waals surface area contributed by atoms with Crippen LogP contribution in [0.1, 0.15) is 24.3 Å². The Morgan fingerprint density at radius 1 is 0.944 bits per heavy atom. The van der Waals surface area contributed by atoms with E-state index in [1.54, 1.807) is 12.1 Å². The summed E-state index contributed by atoms with van der Waals surface area (Å²) >= 11 is 0. The largest absolute Gasteiger partial charge is 0.382 e. The molecule has 0 heterocycles. The molecule has 2 aromatic carbocycles. The molecule has 0 amide bonds. The number of anilines is 1. The zero-order valence-electron chi connectivity index (χ0n) is 10.1. The van der Waals surface area contributed by atoms with Crippen molar-refractivity contribution in [2.75, 3.05) is 5.32 Å². The molecule has 1 fully saturated rings. The van der Waals surface area contributed by atoms with Crippen molar-refractivity contribution in [2.45, 2.75) is 24.8 Å². The van der Waals surface area contributed by atoms with Crippen LogP contribution in [0.4, 0.5) is 10.1 Å². The molecule has 0 unspecified atom stereocenters. The first kappa shape index (κ1) is 11.3. The highest BCUT2D eigenvalue weighted by molar-refractivity contribution is 5.45. The fraction of sp³-hybridized carbons (Fsp3) is 0.250. The molecule has 1 aliphatic carbocycles. The average molecular weight is 241 g/mol. The molecule has 92 valence electrons. The Morgan fingerprint density at radius 2 is 1.72 bits per heavy atom. The van der Waals surface area contributed by atoms with Crippen molar-refractivity contribution in [3.8, 4) is 0 Å². The number of hydrogen-bond donors (Lipinski definition) is 1. The normalized spacial score (nSPS) is 22.3. The minimum absolute atomic E-state index is 0.182. The molecular formula is C16H16FN. The van der Waals surface area contributed by atoms with Gasteiger partial charge in [-0.15, -0.1) is 0 Å². The first-order valence-corrected chi connectivity index (χ1v) is 6.38. The first-order valence-electron chi connectivity index (χ1n) is 6.38. The maximum Gasteiger partial charge on any atom is 0.125 e. The Kier molecular flexibility index (Phi) is 3.01. The average Bonchev–Trinajstić information content (AvgIpc) is 2.34. The van der Waals surface area contributed by atoms with Gasteiger partial charge in [0, 0.05) is 11.7 Å². The fourth-order valence-corrected chi connectivity index (χ4v) is 2.55. The van der Waals surface area contributed by atoms with Crippen molar-refractivity contribution in [1.29, 1.82) is 0 Å². The minimum Gasteiger partial charge on any atom is -0.382 e. The first-order chi connectivity index (χ1) is 8.81. The van der Waals surface area contributed by atoms with Gasteiger partial charge in [0.15, 0.2) is 0 Å². The summed E-state index contributed by atoms with van der Waals surface area (Å²) in [4.78, 5) is 0. The van der Waals surface area contributed by atoms with Gasteiger partial charge < -0.3 is 5.32 Å². The summed E-state index contributed by atoms with van der Waals surface area (Å²) in [5, 5.41) is 3.38. The van der Waals surface area contributed by atoms with Crippen LogP contribution in [0.3, 0.4) is 0 Å². The van der Waals surface area contributed by atoms with Crippen LogP contribution in [0.2, 0.25) is 0 Å². The summed E-state index contributed by atoms with van der Waals surface area (Å²) in [5.74, 6) is 0.469. The Morgan fingerprint density at radius 3 is 2.44 bits per heavy atom. The third kappa shape index (κ3) is 2.37. The van der Waals surface area contributed by atoms with E-state index in [-0.39, 0.29) is 5.82 Å². The Balaban J connectivity index is 1.57. The van der Waals surface area contributed by atoms with Crippen LogP contribution in [0.15, 0.2) is 54.6 Å². The molecular weight excluding hydrogens is 225 g/mol. The smallest absolute Gasteiger partial charge is 0.125 e. The van der Waals surface area contributed by atoms with E-state index < -0.39 is 0 Å². The summed E-state index contributed by atoms with van der Waals surface area (Å²) in [6, 6.07) is 17.7. The van der Waals surface area contributed by atoms with Crippen molar-refractivity contribution in [1.82, 2.24) is 0 Å². The second-order valence-corrected chi connectivity index (χ2v) is 4.93. The lowest BCUT2D eigenvalue weighted by Crippen LogP contribution is -2.33. The monoisotopic (exact) mass is 241 g/mol. The predicted octanol–water partition coefficient (Wildman–Crippen LogP) is 4.18. The number of nitrogens with one attached hydrogen (secondary N) is 1. The van der Waals surface area contributed by atoms with E-state index in [1.807, 2.05) is 12.1 Å². The number of halogens is 1. The van der Waals surface area contributed by atoms with Crippen molar-refractivity contribution in [3.05, 3.63) is 66.0 Å². The molecule has 1 nitrogen and oxygen atoms in total. The second kappa shape index (κ2) is 4.81. The van der Waals surface area contributed by atoms with Crippen molar-refractivity contribution >= 4 is 5.69 Å². The van der Waals surface area contributed by atoms with Crippen LogP contribution in [-0.2, 0) is 0 Å². The van der Waals surface area contributed by atoms with Gasteiger partial charge in [-0.25, -0.2) is 4.39 Å². The molecule has 1 saturated carbocycles. The summed E-state index contributed by atoms with van der Waals surface area (Å²) < 4.78 is 13.0. The second-order valence-electron chi connectivity index (χ2n) is 4.93. The molecule has 0 aromatic heterocycles. The maximum atomic E-state index is 13.0. The van der Waals surface area contributed by atoms with Gasteiger partial charge >= 0.3 is 0 Å². The van der Waals surface area contributed by atoms with Gasteiger partial charge in [0.25, 0.3) is 0 Å². The molecule has 0 spiro atoms. The summed E-state index contributed by atoms with van der Waals surface area (Å²) in [5.41, 5.74) is 2.29. The Labute approximate surface area is 107 Å². The Hall–Kier alpha value is -1.83. The minimum atomic E-state index is -0.182. The SMILES string of the molecule is Fc1cccc(NC2CC(c3ccccc3)C2)c1. The van der Waals surface area contributed by atoms with E-state index >= 15 is 0 Å². The zero-order valence-corrected chi connectivity index (χ0v) is 10.1. The third-order valence-corrected chi connectivity index (χ3v) is 3.60. The van der Waals surface area contributed by atoms with Gasteiger partial charge in [0.1, 0.15) is 5.82 Å². The van der Waals surface area contributed by atoms with Gasteiger partial charge in [-0.05, 0) is 42.5 Å². The Bertz CT molecular complexity index is 518. The molecule has 0 aliphatic heterocycles. The molecule has 1 N–H and O–H groups in total. The molecule has 18 heavy (non-hydrogen) atoms. The van der Waals surface area contributed by atoms with E-state index in [0.29, 0.717) is 12.0 Å². The summed E-state index contributed by atoms with van der Waals surface area (Å²) in [6.45, 7) is 0. The predicted molar refractivity (Wildman–Crippen MR) is 72.2 cm³/mol. The molecule has 3 rings (SSSR count). The standard InChI is InChI=1S/C16H16FN/c17-14-7-4-8-15(11-14)18-16-9-13(10-16)12-5-2-1-3-6-12/h1-8,11,13,16,18H,9-10H2. The lowest BCUT2D eigenvalue weighted by Gasteiger charge is -2.36. The van der Waals surface area contributed by atoms with E-state index in [2.05, 4.69) is 29.6 Å². The van der Waals surface area contributed by atoms with Crippen LogP contribution < -0.4 is 5.32 Å². The quantitative estimate of drug-likeness (QED) is 0.849. The van der Waals surface area contributed by atoms with E-state index in [4.69, 9.17) is 0 Å². The molecule has 1 aliphatic rings. The molecule has 0 radical (unpaired) electrons. The molecule has 0 atom stereocenters. The molecule has 2 aromatic rings. The van der Waals surface area contributed by atoms with Crippen LogP contribution >= 0.6 is 0 Å². The third-order valence-electron chi connectivity index (χ3n) is 3.60. The maximum absolute atomic E-state index is 13.0. The topological polar surface area (TPSA) is 12.0 Å². The van der Waals surface area contributed by atoms with Gasteiger partial charge in [-0.3, -0.25) is 0 Å². The number of benzene rings is 2. The van der Waals surface area contributed by atoms with Crippen LogP contribution in [-0.4, -0.2) is 6.04 Å². The van der Waals surface area contributed by atoms with Gasteiger partial charge in [0.2, 0.25) is 0 Å². The number of hydrogen-bond acceptors (Lipinski definition) is 1. The highest BCUT2D eigenvalue weighted by atomic mass is 19.1. The highest BCUT2D eigenvalue weighted by Crippen LogP contribution is 2.38. The van der Waals surface area contributed by atoms with Gasteiger partial charge in [-0.2, -0.15) is 0 Å². The van der Waals surface area contributed by atoms with Gasteiger partial charge in [0.05, 0.1) is 0 Å². The summed E-state index contributed by atoms with van der Waals surface area (Å²) in [6.07, 6.45) is 2.25.